The molecule has 0 spiro atoms. The summed E-state index contributed by atoms with van der Waals surface area (Å²) in [5.74, 6) is -1.15. The third-order valence-corrected chi connectivity index (χ3v) is 2.03. The molecular weight excluding hydrogens is 232 g/mol. The van der Waals surface area contributed by atoms with Crippen molar-refractivity contribution in [3.8, 4) is 11.8 Å². The van der Waals surface area contributed by atoms with E-state index < -0.39 is 12.6 Å². The van der Waals surface area contributed by atoms with Crippen molar-refractivity contribution in [1.82, 2.24) is 0 Å². The number of hydrogen-bond acceptors (Lipinski definition) is 4. The first-order valence-corrected chi connectivity index (χ1v) is 4.57. The number of carbonyl (C=O) groups is 1. The predicted octanol–water partition coefficient (Wildman–Crippen LogP) is 2.25. The summed E-state index contributed by atoms with van der Waals surface area (Å²) in [5.41, 5.74) is 0.365. The van der Waals surface area contributed by atoms with Crippen molar-refractivity contribution in [2.45, 2.75) is 13.5 Å². The molecule has 0 aliphatic carbocycles. The molecule has 1 aromatic carbocycles. The van der Waals surface area contributed by atoms with Crippen LogP contribution in [-0.2, 0) is 4.74 Å². The van der Waals surface area contributed by atoms with Gasteiger partial charge in [0.25, 0.3) is 0 Å². The number of aryl methyl sites for hydroxylation is 1. The minimum atomic E-state index is -3.08. The lowest BCUT2D eigenvalue weighted by Crippen LogP contribution is -2.11. The molecule has 6 heteroatoms. The average Bonchev–Trinajstić information content (AvgIpc) is 2.26. The Bertz CT molecular complexity index is 480. The second-order valence-electron chi connectivity index (χ2n) is 3.15. The molecule has 0 unspecified atom stereocenters. The molecule has 4 nitrogen and oxygen atoms in total. The first-order chi connectivity index (χ1) is 7.99. The van der Waals surface area contributed by atoms with Gasteiger partial charge < -0.3 is 9.47 Å². The van der Waals surface area contributed by atoms with Gasteiger partial charge in [-0.05, 0) is 24.6 Å². The van der Waals surface area contributed by atoms with Crippen molar-refractivity contribution in [1.29, 1.82) is 5.26 Å². The molecule has 0 aliphatic rings. The molecule has 0 saturated carbocycles. The monoisotopic (exact) mass is 241 g/mol. The van der Waals surface area contributed by atoms with Crippen LogP contribution in [0.2, 0.25) is 0 Å². The summed E-state index contributed by atoms with van der Waals surface area (Å²) in [6.45, 7) is -1.57. The SMILES string of the molecule is COC(=O)c1c(C)cc(C#N)cc1OC(F)F. The maximum absolute atomic E-state index is 12.2. The van der Waals surface area contributed by atoms with Crippen LogP contribution in [-0.4, -0.2) is 19.7 Å². The molecule has 0 saturated heterocycles. The van der Waals surface area contributed by atoms with E-state index in [4.69, 9.17) is 5.26 Å². The molecule has 0 N–H and O–H groups in total. The van der Waals surface area contributed by atoms with Crippen LogP contribution in [0.15, 0.2) is 12.1 Å². The van der Waals surface area contributed by atoms with E-state index >= 15 is 0 Å². The number of esters is 1. The molecule has 0 fully saturated rings. The summed E-state index contributed by atoms with van der Waals surface area (Å²) in [4.78, 5) is 11.4. The van der Waals surface area contributed by atoms with Gasteiger partial charge in [0.2, 0.25) is 0 Å². The van der Waals surface area contributed by atoms with Crippen LogP contribution >= 0.6 is 0 Å². The summed E-state index contributed by atoms with van der Waals surface area (Å²) < 4.78 is 33.0. The van der Waals surface area contributed by atoms with Gasteiger partial charge in [0.1, 0.15) is 11.3 Å². The number of rotatable bonds is 3. The Kier molecular flexibility index (Phi) is 3.99. The first-order valence-electron chi connectivity index (χ1n) is 4.57. The normalized spacial score (nSPS) is 9.88. The quantitative estimate of drug-likeness (QED) is 0.761. The third-order valence-electron chi connectivity index (χ3n) is 2.03. The van der Waals surface area contributed by atoms with E-state index in [0.717, 1.165) is 13.2 Å². The first kappa shape index (κ1) is 12.9. The molecule has 90 valence electrons. The zero-order valence-corrected chi connectivity index (χ0v) is 9.16. The van der Waals surface area contributed by atoms with Crippen molar-refractivity contribution in [3.63, 3.8) is 0 Å². The molecule has 17 heavy (non-hydrogen) atoms. The van der Waals surface area contributed by atoms with E-state index in [1.54, 1.807) is 6.07 Å². The predicted molar refractivity (Wildman–Crippen MR) is 53.9 cm³/mol. The van der Waals surface area contributed by atoms with Gasteiger partial charge in [-0.1, -0.05) is 0 Å². The van der Waals surface area contributed by atoms with E-state index in [-0.39, 0.29) is 16.9 Å². The summed E-state index contributed by atoms with van der Waals surface area (Å²) in [5, 5.41) is 8.70. The maximum Gasteiger partial charge on any atom is 0.387 e. The van der Waals surface area contributed by atoms with Crippen LogP contribution in [0.4, 0.5) is 8.78 Å². The van der Waals surface area contributed by atoms with Crippen LogP contribution in [0.25, 0.3) is 0 Å². The minimum absolute atomic E-state index is 0.105. The van der Waals surface area contributed by atoms with Crippen molar-refractivity contribution in [2.24, 2.45) is 0 Å². The van der Waals surface area contributed by atoms with Crippen molar-refractivity contribution in [3.05, 3.63) is 28.8 Å². The highest BCUT2D eigenvalue weighted by atomic mass is 19.3. The number of nitrogens with zero attached hydrogens (tertiary/aromatic N) is 1. The highest BCUT2D eigenvalue weighted by Crippen LogP contribution is 2.26. The second kappa shape index (κ2) is 5.25. The molecule has 0 bridgehead atoms. The molecule has 1 rings (SSSR count). The number of hydrogen-bond donors (Lipinski definition) is 0. The number of carbonyl (C=O) groups excluding carboxylic acids is 1. The van der Waals surface area contributed by atoms with E-state index in [1.165, 1.54) is 13.0 Å². The second-order valence-corrected chi connectivity index (χ2v) is 3.15. The topological polar surface area (TPSA) is 59.3 Å². The molecule has 1 aromatic rings. The van der Waals surface area contributed by atoms with E-state index in [2.05, 4.69) is 9.47 Å². The number of halogens is 2. The fourth-order valence-electron chi connectivity index (χ4n) is 1.37. The summed E-state index contributed by atoms with van der Waals surface area (Å²) in [6.07, 6.45) is 0. The molecule has 0 amide bonds. The van der Waals surface area contributed by atoms with Gasteiger partial charge in [-0.15, -0.1) is 0 Å². The minimum Gasteiger partial charge on any atom is -0.465 e. The summed E-state index contributed by atoms with van der Waals surface area (Å²) in [7, 11) is 1.13. The zero-order valence-electron chi connectivity index (χ0n) is 9.16. The van der Waals surface area contributed by atoms with Crippen LogP contribution in [0.5, 0.6) is 5.75 Å². The molecule has 0 aromatic heterocycles. The van der Waals surface area contributed by atoms with Gasteiger partial charge in [0.15, 0.2) is 0 Å². The smallest absolute Gasteiger partial charge is 0.387 e. The lowest BCUT2D eigenvalue weighted by molar-refractivity contribution is -0.0504. The van der Waals surface area contributed by atoms with Crippen molar-refractivity contribution in [2.75, 3.05) is 7.11 Å². The molecule has 0 atom stereocenters. The van der Waals surface area contributed by atoms with Gasteiger partial charge in [0, 0.05) is 0 Å². The number of nitriles is 1. The number of methoxy groups -OCH3 is 1. The van der Waals surface area contributed by atoms with E-state index in [0.29, 0.717) is 5.56 Å². The Hall–Kier alpha value is -2.16. The fourth-order valence-corrected chi connectivity index (χ4v) is 1.37. The number of alkyl halides is 2. The number of ether oxygens (including phenoxy) is 2. The fraction of sp³-hybridized carbons (Fsp3) is 0.273. The largest absolute Gasteiger partial charge is 0.465 e. The van der Waals surface area contributed by atoms with Crippen LogP contribution in [0.1, 0.15) is 21.5 Å². The number of benzene rings is 1. The van der Waals surface area contributed by atoms with E-state index in [9.17, 15) is 13.6 Å². The molecule has 0 radical (unpaired) electrons. The Labute approximate surface area is 96.4 Å². The summed E-state index contributed by atoms with van der Waals surface area (Å²) in [6, 6.07) is 4.26. The Morgan fingerprint density at radius 1 is 1.47 bits per heavy atom. The molecular formula is C11H9F2NO3. The Morgan fingerprint density at radius 2 is 2.12 bits per heavy atom. The Morgan fingerprint density at radius 3 is 2.59 bits per heavy atom. The average molecular weight is 241 g/mol. The highest BCUT2D eigenvalue weighted by molar-refractivity contribution is 5.94. The van der Waals surface area contributed by atoms with Crippen LogP contribution in [0, 0.1) is 18.3 Å². The lowest BCUT2D eigenvalue weighted by Gasteiger charge is -2.12. The van der Waals surface area contributed by atoms with Gasteiger partial charge in [0.05, 0.1) is 18.7 Å². The Balaban J connectivity index is 3.35. The van der Waals surface area contributed by atoms with Crippen molar-refractivity contribution >= 4 is 5.97 Å². The standard InChI is InChI=1S/C11H9F2NO3/c1-6-3-7(5-14)4-8(17-11(12)13)9(6)10(15)16-2/h3-4,11H,1-2H3. The van der Waals surface area contributed by atoms with Crippen molar-refractivity contribution < 1.29 is 23.0 Å². The van der Waals surface area contributed by atoms with Crippen LogP contribution in [0.3, 0.4) is 0 Å². The van der Waals surface area contributed by atoms with Crippen LogP contribution < -0.4 is 4.74 Å². The summed E-state index contributed by atoms with van der Waals surface area (Å²) >= 11 is 0. The zero-order chi connectivity index (χ0) is 13.0. The highest BCUT2D eigenvalue weighted by Gasteiger charge is 2.20. The van der Waals surface area contributed by atoms with Gasteiger partial charge in [-0.25, -0.2) is 4.79 Å². The van der Waals surface area contributed by atoms with Gasteiger partial charge in [-0.2, -0.15) is 14.0 Å². The third kappa shape index (κ3) is 2.91. The van der Waals surface area contributed by atoms with Gasteiger partial charge >= 0.3 is 12.6 Å². The molecule has 0 aliphatic heterocycles. The lowest BCUT2D eigenvalue weighted by atomic mass is 10.0. The molecule has 0 heterocycles. The van der Waals surface area contributed by atoms with Gasteiger partial charge in [-0.3, -0.25) is 0 Å². The maximum atomic E-state index is 12.2. The van der Waals surface area contributed by atoms with E-state index in [1.807, 2.05) is 0 Å².